The van der Waals surface area contributed by atoms with E-state index in [0.717, 1.165) is 5.56 Å². The van der Waals surface area contributed by atoms with Crippen LogP contribution in [0.3, 0.4) is 0 Å². The highest BCUT2D eigenvalue weighted by Gasteiger charge is 2.25. The first-order chi connectivity index (χ1) is 13.6. The molecule has 0 aliphatic carbocycles. The lowest BCUT2D eigenvalue weighted by Gasteiger charge is -2.25. The van der Waals surface area contributed by atoms with E-state index in [9.17, 15) is 14.3 Å². The van der Waals surface area contributed by atoms with Crippen molar-refractivity contribution in [2.75, 3.05) is 0 Å². The number of aromatic nitrogens is 1. The number of hydrogen-bond acceptors (Lipinski definition) is 2. The minimum atomic E-state index is -0.922. The Labute approximate surface area is 161 Å². The van der Waals surface area contributed by atoms with E-state index >= 15 is 0 Å². The van der Waals surface area contributed by atoms with Crippen LogP contribution in [0.15, 0.2) is 84.9 Å². The summed E-state index contributed by atoms with van der Waals surface area (Å²) in [6, 6.07) is 23.8. The van der Waals surface area contributed by atoms with Crippen molar-refractivity contribution in [3.8, 4) is 0 Å². The molecule has 4 rings (SSSR count). The van der Waals surface area contributed by atoms with Crippen molar-refractivity contribution in [2.24, 2.45) is 0 Å². The Bertz CT molecular complexity index is 1090. The normalized spacial score (nSPS) is 13.2. The molecule has 0 spiro atoms. The van der Waals surface area contributed by atoms with Crippen molar-refractivity contribution >= 4 is 16.8 Å². The van der Waals surface area contributed by atoms with Crippen molar-refractivity contribution in [1.82, 2.24) is 10.3 Å². The third kappa shape index (κ3) is 3.66. The summed E-state index contributed by atoms with van der Waals surface area (Å²) in [7, 11) is 0. The standard InChI is InChI=1S/C23H19FN2O2/c24-18-11-12-19-17(13-18)14-20(25-19)23(28)26-21(15-7-3-1-4-8-15)22(27)16-9-5-2-6-10-16/h1-14,21-22,25,27H,(H,26,28)/t21-,22?/m1/s1. The van der Waals surface area contributed by atoms with E-state index in [2.05, 4.69) is 10.3 Å². The summed E-state index contributed by atoms with van der Waals surface area (Å²) in [6.45, 7) is 0. The number of aromatic amines is 1. The first-order valence-electron chi connectivity index (χ1n) is 8.99. The summed E-state index contributed by atoms with van der Waals surface area (Å²) in [6.07, 6.45) is -0.922. The number of halogens is 1. The average molecular weight is 374 g/mol. The summed E-state index contributed by atoms with van der Waals surface area (Å²) >= 11 is 0. The number of nitrogens with one attached hydrogen (secondary N) is 2. The van der Waals surface area contributed by atoms with Gasteiger partial charge in [-0.1, -0.05) is 60.7 Å². The number of H-pyrrole nitrogens is 1. The SMILES string of the molecule is O=C(N[C@H](c1ccccc1)C(O)c1ccccc1)c1cc2cc(F)ccc2[nH]1. The van der Waals surface area contributed by atoms with Crippen LogP contribution in [0.2, 0.25) is 0 Å². The van der Waals surface area contributed by atoms with Crippen LogP contribution < -0.4 is 5.32 Å². The summed E-state index contributed by atoms with van der Waals surface area (Å²) in [5, 5.41) is 14.5. The maximum atomic E-state index is 13.4. The maximum Gasteiger partial charge on any atom is 0.268 e. The predicted octanol–water partition coefficient (Wildman–Crippen LogP) is 4.51. The number of aliphatic hydroxyl groups excluding tert-OH is 1. The fraction of sp³-hybridized carbons (Fsp3) is 0.0870. The second-order valence-corrected chi connectivity index (χ2v) is 6.63. The van der Waals surface area contributed by atoms with Crippen LogP contribution in [-0.2, 0) is 0 Å². The van der Waals surface area contributed by atoms with E-state index in [1.807, 2.05) is 60.7 Å². The zero-order valence-corrected chi connectivity index (χ0v) is 15.0. The molecule has 1 aromatic heterocycles. The molecule has 0 radical (unpaired) electrons. The average Bonchev–Trinajstić information content (AvgIpc) is 3.16. The summed E-state index contributed by atoms with van der Waals surface area (Å²) < 4.78 is 13.4. The fourth-order valence-electron chi connectivity index (χ4n) is 3.29. The molecule has 3 aromatic carbocycles. The molecule has 4 aromatic rings. The molecule has 0 aliphatic rings. The van der Waals surface area contributed by atoms with Crippen molar-refractivity contribution < 1.29 is 14.3 Å². The maximum absolute atomic E-state index is 13.4. The van der Waals surface area contributed by atoms with E-state index in [4.69, 9.17) is 0 Å². The molecule has 0 saturated heterocycles. The van der Waals surface area contributed by atoms with Crippen molar-refractivity contribution in [1.29, 1.82) is 0 Å². The summed E-state index contributed by atoms with van der Waals surface area (Å²) in [5.74, 6) is -0.736. The lowest BCUT2D eigenvalue weighted by atomic mass is 9.95. The second-order valence-electron chi connectivity index (χ2n) is 6.63. The van der Waals surface area contributed by atoms with Gasteiger partial charge in [0.05, 0.1) is 6.04 Å². The van der Waals surface area contributed by atoms with Crippen LogP contribution >= 0.6 is 0 Å². The van der Waals surface area contributed by atoms with Crippen molar-refractivity contribution in [2.45, 2.75) is 12.1 Å². The lowest BCUT2D eigenvalue weighted by Crippen LogP contribution is -2.32. The van der Waals surface area contributed by atoms with Crippen LogP contribution in [0.25, 0.3) is 10.9 Å². The number of carbonyl (C=O) groups is 1. The number of fused-ring (bicyclic) bond motifs is 1. The Kier molecular flexibility index (Phi) is 4.91. The Hall–Kier alpha value is -3.44. The van der Waals surface area contributed by atoms with Gasteiger partial charge in [-0.25, -0.2) is 4.39 Å². The van der Waals surface area contributed by atoms with Gasteiger partial charge < -0.3 is 15.4 Å². The van der Waals surface area contributed by atoms with Gasteiger partial charge in [0.2, 0.25) is 0 Å². The molecule has 0 fully saturated rings. The molecule has 1 unspecified atom stereocenters. The molecule has 140 valence electrons. The highest BCUT2D eigenvalue weighted by molar-refractivity contribution is 5.98. The topological polar surface area (TPSA) is 65.1 Å². The van der Waals surface area contributed by atoms with E-state index in [-0.39, 0.29) is 11.7 Å². The highest BCUT2D eigenvalue weighted by atomic mass is 19.1. The van der Waals surface area contributed by atoms with Gasteiger partial charge in [-0.15, -0.1) is 0 Å². The van der Waals surface area contributed by atoms with Crippen LogP contribution in [0.1, 0.15) is 33.8 Å². The second kappa shape index (κ2) is 7.66. The zero-order chi connectivity index (χ0) is 19.5. The molecule has 2 atom stereocenters. The molecule has 0 saturated carbocycles. The molecular weight excluding hydrogens is 355 g/mol. The number of hydrogen-bond donors (Lipinski definition) is 3. The van der Waals surface area contributed by atoms with E-state index in [1.165, 1.54) is 12.1 Å². The van der Waals surface area contributed by atoms with E-state index in [1.54, 1.807) is 12.1 Å². The quantitative estimate of drug-likeness (QED) is 0.481. The van der Waals surface area contributed by atoms with Gasteiger partial charge in [-0.05, 0) is 35.4 Å². The van der Waals surface area contributed by atoms with Crippen molar-refractivity contribution in [3.63, 3.8) is 0 Å². The molecule has 1 heterocycles. The number of rotatable bonds is 5. The molecule has 28 heavy (non-hydrogen) atoms. The third-order valence-electron chi connectivity index (χ3n) is 4.73. The Morgan fingerprint density at radius 2 is 1.54 bits per heavy atom. The molecule has 0 bridgehead atoms. The summed E-state index contributed by atoms with van der Waals surface area (Å²) in [5.41, 5.74) is 2.47. The minimum Gasteiger partial charge on any atom is -0.386 e. The van der Waals surface area contributed by atoms with Gasteiger partial charge in [-0.2, -0.15) is 0 Å². The summed E-state index contributed by atoms with van der Waals surface area (Å²) in [4.78, 5) is 15.9. The van der Waals surface area contributed by atoms with Gasteiger partial charge in [0, 0.05) is 10.9 Å². The third-order valence-corrected chi connectivity index (χ3v) is 4.73. The Balaban J connectivity index is 1.65. The van der Waals surface area contributed by atoms with E-state index < -0.39 is 12.1 Å². The van der Waals surface area contributed by atoms with Gasteiger partial charge in [-0.3, -0.25) is 4.79 Å². The molecule has 1 amide bonds. The van der Waals surface area contributed by atoms with Crippen LogP contribution in [0.4, 0.5) is 4.39 Å². The highest BCUT2D eigenvalue weighted by Crippen LogP contribution is 2.29. The van der Waals surface area contributed by atoms with Crippen LogP contribution in [0.5, 0.6) is 0 Å². The predicted molar refractivity (Wildman–Crippen MR) is 106 cm³/mol. The number of carbonyl (C=O) groups excluding carboxylic acids is 1. The molecule has 0 aliphatic heterocycles. The zero-order valence-electron chi connectivity index (χ0n) is 15.0. The van der Waals surface area contributed by atoms with Gasteiger partial charge in [0.1, 0.15) is 17.6 Å². The minimum absolute atomic E-state index is 0.307. The molecule has 3 N–H and O–H groups in total. The first-order valence-corrected chi connectivity index (χ1v) is 8.99. The van der Waals surface area contributed by atoms with Crippen molar-refractivity contribution in [3.05, 3.63) is 108 Å². The lowest BCUT2D eigenvalue weighted by molar-refractivity contribution is 0.0827. The number of amides is 1. The number of benzene rings is 3. The first kappa shape index (κ1) is 17.9. The molecular formula is C23H19FN2O2. The van der Waals surface area contributed by atoms with Gasteiger partial charge in [0.15, 0.2) is 0 Å². The Morgan fingerprint density at radius 3 is 2.21 bits per heavy atom. The van der Waals surface area contributed by atoms with Gasteiger partial charge >= 0.3 is 0 Å². The van der Waals surface area contributed by atoms with E-state index in [0.29, 0.717) is 22.2 Å². The Morgan fingerprint density at radius 1 is 0.893 bits per heavy atom. The number of aliphatic hydroxyl groups is 1. The molecule has 5 heteroatoms. The largest absolute Gasteiger partial charge is 0.386 e. The van der Waals surface area contributed by atoms with Crippen LogP contribution in [0, 0.1) is 5.82 Å². The monoisotopic (exact) mass is 374 g/mol. The fourth-order valence-corrected chi connectivity index (χ4v) is 3.29. The van der Waals surface area contributed by atoms with Gasteiger partial charge in [0.25, 0.3) is 5.91 Å². The van der Waals surface area contributed by atoms with Crippen LogP contribution in [-0.4, -0.2) is 16.0 Å². The molecule has 4 nitrogen and oxygen atoms in total. The smallest absolute Gasteiger partial charge is 0.268 e.